The highest BCUT2D eigenvalue weighted by Gasteiger charge is 2.16. The number of piperidine rings is 1. The molecule has 1 amide bonds. The first-order chi connectivity index (χ1) is 11.3. The molecular weight excluding hydrogens is 324 g/mol. The van der Waals surface area contributed by atoms with Gasteiger partial charge in [0.05, 0.1) is 0 Å². The van der Waals surface area contributed by atoms with Crippen molar-refractivity contribution in [1.29, 1.82) is 0 Å². The number of carbonyl (C=O) groups is 1. The maximum absolute atomic E-state index is 12.2. The molecule has 2 aromatic carbocycles. The summed E-state index contributed by atoms with van der Waals surface area (Å²) >= 11 is 0. The van der Waals surface area contributed by atoms with E-state index in [0.717, 1.165) is 43.1 Å². The number of hydrogen-bond acceptors (Lipinski definition) is 3. The Balaban J connectivity index is 0.00000208. The molecule has 1 aliphatic rings. The van der Waals surface area contributed by atoms with Crippen LogP contribution >= 0.6 is 12.4 Å². The summed E-state index contributed by atoms with van der Waals surface area (Å²) in [5, 5.41) is 6.30. The summed E-state index contributed by atoms with van der Waals surface area (Å²) in [6.45, 7) is 2.02. The summed E-state index contributed by atoms with van der Waals surface area (Å²) in [5.74, 6) is 2.07. The first-order valence-corrected chi connectivity index (χ1v) is 8.13. The highest BCUT2D eigenvalue weighted by Crippen LogP contribution is 2.24. The van der Waals surface area contributed by atoms with Crippen LogP contribution in [0, 0.1) is 5.92 Å². The molecule has 0 bridgehead atoms. The Morgan fingerprint density at radius 1 is 1.04 bits per heavy atom. The molecule has 1 saturated heterocycles. The molecule has 3 rings (SSSR count). The van der Waals surface area contributed by atoms with Crippen molar-refractivity contribution in [3.8, 4) is 11.5 Å². The molecule has 0 atom stereocenters. The van der Waals surface area contributed by atoms with E-state index in [0.29, 0.717) is 12.3 Å². The fourth-order valence-electron chi connectivity index (χ4n) is 2.82. The molecule has 0 unspecified atom stereocenters. The smallest absolute Gasteiger partial charge is 0.224 e. The van der Waals surface area contributed by atoms with E-state index >= 15 is 0 Å². The summed E-state index contributed by atoms with van der Waals surface area (Å²) < 4.78 is 5.79. The number of ether oxygens (including phenoxy) is 1. The summed E-state index contributed by atoms with van der Waals surface area (Å²) in [7, 11) is 0. The van der Waals surface area contributed by atoms with Gasteiger partial charge in [0, 0.05) is 18.2 Å². The molecule has 1 heterocycles. The van der Waals surface area contributed by atoms with E-state index in [2.05, 4.69) is 10.6 Å². The third-order valence-electron chi connectivity index (χ3n) is 4.03. The van der Waals surface area contributed by atoms with E-state index in [1.54, 1.807) is 0 Å². The fourth-order valence-corrected chi connectivity index (χ4v) is 2.82. The van der Waals surface area contributed by atoms with Crippen molar-refractivity contribution in [3.63, 3.8) is 0 Å². The Kier molecular flexibility index (Phi) is 7.09. The van der Waals surface area contributed by atoms with Gasteiger partial charge in [-0.1, -0.05) is 24.3 Å². The molecule has 0 saturated carbocycles. The molecule has 1 fully saturated rings. The van der Waals surface area contributed by atoms with Crippen LogP contribution in [0.4, 0.5) is 5.69 Å². The number of benzene rings is 2. The average Bonchev–Trinajstić information content (AvgIpc) is 2.57. The van der Waals surface area contributed by atoms with E-state index in [9.17, 15) is 4.79 Å². The second-order valence-electron chi connectivity index (χ2n) is 5.89. The number of para-hydroxylation sites is 1. The molecule has 0 aromatic heterocycles. The van der Waals surface area contributed by atoms with Gasteiger partial charge in [-0.2, -0.15) is 0 Å². The van der Waals surface area contributed by atoms with Crippen molar-refractivity contribution in [3.05, 3.63) is 54.6 Å². The number of rotatable bonds is 5. The zero-order valence-electron chi connectivity index (χ0n) is 13.5. The Morgan fingerprint density at radius 2 is 1.75 bits per heavy atom. The summed E-state index contributed by atoms with van der Waals surface area (Å²) in [5.41, 5.74) is 0.775. The van der Waals surface area contributed by atoms with Crippen molar-refractivity contribution >= 4 is 24.0 Å². The number of amides is 1. The van der Waals surface area contributed by atoms with Gasteiger partial charge < -0.3 is 15.4 Å². The van der Waals surface area contributed by atoms with Crippen LogP contribution in [0.5, 0.6) is 11.5 Å². The van der Waals surface area contributed by atoms with E-state index < -0.39 is 0 Å². The van der Waals surface area contributed by atoms with Gasteiger partial charge in [-0.05, 0) is 56.1 Å². The Morgan fingerprint density at radius 3 is 2.50 bits per heavy atom. The van der Waals surface area contributed by atoms with Gasteiger partial charge in [0.2, 0.25) is 5.91 Å². The number of carbonyl (C=O) groups excluding carboxylic acids is 1. The van der Waals surface area contributed by atoms with Crippen LogP contribution in [-0.4, -0.2) is 19.0 Å². The minimum atomic E-state index is 0. The Hall–Kier alpha value is -2.04. The molecule has 2 aromatic rings. The van der Waals surface area contributed by atoms with Crippen molar-refractivity contribution in [2.45, 2.75) is 19.3 Å². The molecule has 1 aliphatic heterocycles. The third-order valence-corrected chi connectivity index (χ3v) is 4.03. The van der Waals surface area contributed by atoms with E-state index in [4.69, 9.17) is 4.74 Å². The van der Waals surface area contributed by atoms with Gasteiger partial charge >= 0.3 is 0 Å². The fraction of sp³-hybridized carbons (Fsp3) is 0.316. The second-order valence-corrected chi connectivity index (χ2v) is 5.89. The largest absolute Gasteiger partial charge is 0.457 e. The lowest BCUT2D eigenvalue weighted by Crippen LogP contribution is -2.30. The highest BCUT2D eigenvalue weighted by atomic mass is 35.5. The van der Waals surface area contributed by atoms with Crippen LogP contribution in [0.2, 0.25) is 0 Å². The number of halogens is 1. The molecule has 0 radical (unpaired) electrons. The van der Waals surface area contributed by atoms with Crippen LogP contribution < -0.4 is 15.4 Å². The molecule has 2 N–H and O–H groups in total. The van der Waals surface area contributed by atoms with Crippen LogP contribution in [0.15, 0.2) is 54.6 Å². The van der Waals surface area contributed by atoms with Crippen LogP contribution in [-0.2, 0) is 4.79 Å². The predicted molar refractivity (Wildman–Crippen MR) is 99.0 cm³/mol. The minimum Gasteiger partial charge on any atom is -0.457 e. The standard InChI is InChI=1S/C19H22N2O2.ClH/c22-19(13-15-9-11-20-12-10-15)21-16-5-4-8-18(14-16)23-17-6-2-1-3-7-17;/h1-8,14-15,20H,9-13H2,(H,21,22);1H. The third kappa shape index (κ3) is 5.55. The normalized spacial score (nSPS) is 14.5. The van der Waals surface area contributed by atoms with E-state index in [-0.39, 0.29) is 18.3 Å². The SMILES string of the molecule is Cl.O=C(CC1CCNCC1)Nc1cccc(Oc2ccccc2)c1. The van der Waals surface area contributed by atoms with Crippen LogP contribution in [0.3, 0.4) is 0 Å². The number of anilines is 1. The quantitative estimate of drug-likeness (QED) is 0.851. The molecule has 0 aliphatic carbocycles. The molecular formula is C19H23ClN2O2. The van der Waals surface area contributed by atoms with Crippen LogP contribution in [0.1, 0.15) is 19.3 Å². The van der Waals surface area contributed by atoms with Gasteiger partial charge in [0.15, 0.2) is 0 Å². The van der Waals surface area contributed by atoms with Gasteiger partial charge in [0.25, 0.3) is 0 Å². The first-order valence-electron chi connectivity index (χ1n) is 8.13. The minimum absolute atomic E-state index is 0. The summed E-state index contributed by atoms with van der Waals surface area (Å²) in [4.78, 5) is 12.2. The van der Waals surface area contributed by atoms with Gasteiger partial charge in [-0.15, -0.1) is 12.4 Å². The second kappa shape index (κ2) is 9.30. The summed E-state index contributed by atoms with van der Waals surface area (Å²) in [6.07, 6.45) is 2.74. The molecule has 128 valence electrons. The molecule has 24 heavy (non-hydrogen) atoms. The zero-order chi connectivity index (χ0) is 15.9. The number of nitrogens with one attached hydrogen (secondary N) is 2. The maximum Gasteiger partial charge on any atom is 0.224 e. The highest BCUT2D eigenvalue weighted by molar-refractivity contribution is 5.91. The van der Waals surface area contributed by atoms with Crippen molar-refractivity contribution < 1.29 is 9.53 Å². The predicted octanol–water partition coefficient (Wildman–Crippen LogP) is 4.23. The van der Waals surface area contributed by atoms with Crippen LogP contribution in [0.25, 0.3) is 0 Å². The lowest BCUT2D eigenvalue weighted by molar-refractivity contribution is -0.117. The Labute approximate surface area is 149 Å². The van der Waals surface area contributed by atoms with Crippen molar-refractivity contribution in [2.24, 2.45) is 5.92 Å². The van der Waals surface area contributed by atoms with Crippen molar-refractivity contribution in [2.75, 3.05) is 18.4 Å². The Bertz CT molecular complexity index is 643. The molecule has 5 heteroatoms. The van der Waals surface area contributed by atoms with Gasteiger partial charge in [-0.25, -0.2) is 0 Å². The maximum atomic E-state index is 12.2. The topological polar surface area (TPSA) is 50.4 Å². The number of hydrogen-bond donors (Lipinski definition) is 2. The lowest BCUT2D eigenvalue weighted by atomic mass is 9.94. The van der Waals surface area contributed by atoms with Gasteiger partial charge in [0.1, 0.15) is 11.5 Å². The monoisotopic (exact) mass is 346 g/mol. The molecule has 0 spiro atoms. The molecule has 4 nitrogen and oxygen atoms in total. The van der Waals surface area contributed by atoms with E-state index in [1.165, 1.54) is 0 Å². The first kappa shape index (κ1) is 18.3. The lowest BCUT2D eigenvalue weighted by Gasteiger charge is -2.21. The average molecular weight is 347 g/mol. The van der Waals surface area contributed by atoms with E-state index in [1.807, 2.05) is 54.6 Å². The van der Waals surface area contributed by atoms with Gasteiger partial charge in [-0.3, -0.25) is 4.79 Å². The van der Waals surface area contributed by atoms with Crippen molar-refractivity contribution in [1.82, 2.24) is 5.32 Å². The summed E-state index contributed by atoms with van der Waals surface area (Å²) in [6, 6.07) is 17.1. The zero-order valence-corrected chi connectivity index (χ0v) is 14.4.